The molecule has 0 bridgehead atoms. The van der Waals surface area contributed by atoms with Crippen molar-refractivity contribution in [2.24, 2.45) is 5.92 Å². The van der Waals surface area contributed by atoms with Crippen LogP contribution in [0.15, 0.2) is 42.6 Å². The Morgan fingerprint density at radius 1 is 1.04 bits per heavy atom. The van der Waals surface area contributed by atoms with Crippen LogP contribution >= 0.6 is 11.6 Å². The van der Waals surface area contributed by atoms with E-state index in [-0.39, 0.29) is 5.91 Å². The maximum Gasteiger partial charge on any atom is 0.272 e. The fourth-order valence-electron chi connectivity index (χ4n) is 4.16. The van der Waals surface area contributed by atoms with E-state index < -0.39 is 0 Å². The molecule has 2 saturated heterocycles. The van der Waals surface area contributed by atoms with Gasteiger partial charge in [-0.05, 0) is 49.1 Å². The van der Waals surface area contributed by atoms with E-state index in [1.54, 1.807) is 6.20 Å². The standard InChI is InChI=1S/C22H27ClN4O/c1-17-4-3-9-27(16-17)20-7-8-24-21(15-20)22(28)26-12-10-25(11-13-26)19-6-2-5-18(23)14-19/h2,5-8,14-15,17H,3-4,9-13,16H2,1H3. The Bertz CT molecular complexity index is 835. The molecular weight excluding hydrogens is 372 g/mol. The van der Waals surface area contributed by atoms with Gasteiger partial charge in [-0.3, -0.25) is 9.78 Å². The largest absolute Gasteiger partial charge is 0.371 e. The average Bonchev–Trinajstić information content (AvgIpc) is 2.73. The first-order chi connectivity index (χ1) is 13.6. The van der Waals surface area contributed by atoms with Crippen molar-refractivity contribution in [1.29, 1.82) is 0 Å². The summed E-state index contributed by atoms with van der Waals surface area (Å²) in [5, 5.41) is 0.740. The second-order valence-corrected chi connectivity index (χ2v) is 8.29. The molecule has 1 atom stereocenters. The molecular formula is C22H27ClN4O. The zero-order chi connectivity index (χ0) is 19.5. The summed E-state index contributed by atoms with van der Waals surface area (Å²) < 4.78 is 0. The highest BCUT2D eigenvalue weighted by Crippen LogP contribution is 2.24. The van der Waals surface area contributed by atoms with Gasteiger partial charge in [0.1, 0.15) is 5.69 Å². The van der Waals surface area contributed by atoms with Gasteiger partial charge in [-0.2, -0.15) is 0 Å². The van der Waals surface area contributed by atoms with E-state index >= 15 is 0 Å². The molecule has 0 N–H and O–H groups in total. The molecule has 2 aliphatic heterocycles. The number of aromatic nitrogens is 1. The van der Waals surface area contributed by atoms with Gasteiger partial charge in [0.05, 0.1) is 0 Å². The SMILES string of the molecule is CC1CCCN(c2ccnc(C(=O)N3CCN(c4cccc(Cl)c4)CC3)c2)C1. The van der Waals surface area contributed by atoms with Gasteiger partial charge in [-0.15, -0.1) is 0 Å². The van der Waals surface area contributed by atoms with Gasteiger partial charge >= 0.3 is 0 Å². The highest BCUT2D eigenvalue weighted by Gasteiger charge is 2.24. The smallest absolute Gasteiger partial charge is 0.272 e. The molecule has 6 heteroatoms. The molecule has 28 heavy (non-hydrogen) atoms. The van der Waals surface area contributed by atoms with Crippen molar-refractivity contribution in [2.75, 3.05) is 49.1 Å². The average molecular weight is 399 g/mol. The van der Waals surface area contributed by atoms with Crippen molar-refractivity contribution in [3.63, 3.8) is 0 Å². The van der Waals surface area contributed by atoms with E-state index in [0.29, 0.717) is 24.7 Å². The Hall–Kier alpha value is -2.27. The van der Waals surface area contributed by atoms with Gasteiger partial charge in [0, 0.05) is 61.9 Å². The highest BCUT2D eigenvalue weighted by molar-refractivity contribution is 6.30. The molecule has 2 aliphatic rings. The normalized spacial score (nSPS) is 20.4. The van der Waals surface area contributed by atoms with Gasteiger partial charge in [-0.1, -0.05) is 24.6 Å². The number of benzene rings is 1. The molecule has 0 aliphatic carbocycles. The molecule has 1 unspecified atom stereocenters. The second kappa shape index (κ2) is 8.39. The Morgan fingerprint density at radius 2 is 1.82 bits per heavy atom. The molecule has 0 spiro atoms. The number of hydrogen-bond donors (Lipinski definition) is 0. The molecule has 1 aromatic heterocycles. The summed E-state index contributed by atoms with van der Waals surface area (Å²) in [5.74, 6) is 0.721. The van der Waals surface area contributed by atoms with Crippen LogP contribution in [0.3, 0.4) is 0 Å². The van der Waals surface area contributed by atoms with Crippen molar-refractivity contribution in [3.05, 3.63) is 53.3 Å². The number of nitrogens with zero attached hydrogens (tertiary/aromatic N) is 4. The van der Waals surface area contributed by atoms with Crippen LogP contribution in [0.4, 0.5) is 11.4 Å². The third-order valence-electron chi connectivity index (χ3n) is 5.73. The lowest BCUT2D eigenvalue weighted by atomic mass is 10.00. The number of pyridine rings is 1. The molecule has 2 fully saturated rings. The van der Waals surface area contributed by atoms with Gasteiger partial charge in [0.2, 0.25) is 0 Å². The number of carbonyl (C=O) groups is 1. The van der Waals surface area contributed by atoms with Crippen LogP contribution in [-0.4, -0.2) is 55.1 Å². The van der Waals surface area contributed by atoms with Crippen LogP contribution < -0.4 is 9.80 Å². The number of hydrogen-bond acceptors (Lipinski definition) is 4. The van der Waals surface area contributed by atoms with Gasteiger partial charge in [0.25, 0.3) is 5.91 Å². The van der Waals surface area contributed by atoms with Crippen molar-refractivity contribution >= 4 is 28.9 Å². The summed E-state index contributed by atoms with van der Waals surface area (Å²) in [4.78, 5) is 23.9. The zero-order valence-corrected chi connectivity index (χ0v) is 17.1. The maximum absolute atomic E-state index is 13.0. The first-order valence-corrected chi connectivity index (χ1v) is 10.5. The predicted molar refractivity (Wildman–Crippen MR) is 114 cm³/mol. The summed E-state index contributed by atoms with van der Waals surface area (Å²) in [5.41, 5.74) is 2.77. The van der Waals surface area contributed by atoms with Gasteiger partial charge in [-0.25, -0.2) is 0 Å². The number of amides is 1. The second-order valence-electron chi connectivity index (χ2n) is 7.85. The quantitative estimate of drug-likeness (QED) is 0.785. The van der Waals surface area contributed by atoms with E-state index in [2.05, 4.69) is 27.8 Å². The summed E-state index contributed by atoms with van der Waals surface area (Å²) in [7, 11) is 0. The number of halogens is 1. The number of rotatable bonds is 3. The fourth-order valence-corrected chi connectivity index (χ4v) is 4.34. The van der Waals surface area contributed by atoms with E-state index in [1.807, 2.05) is 35.2 Å². The van der Waals surface area contributed by atoms with Crippen LogP contribution in [-0.2, 0) is 0 Å². The van der Waals surface area contributed by atoms with Crippen LogP contribution in [0, 0.1) is 5.92 Å². The highest BCUT2D eigenvalue weighted by atomic mass is 35.5. The molecule has 1 aromatic carbocycles. The molecule has 0 saturated carbocycles. The van der Waals surface area contributed by atoms with Gasteiger partial charge < -0.3 is 14.7 Å². The number of piperidine rings is 1. The van der Waals surface area contributed by atoms with E-state index in [1.165, 1.54) is 12.8 Å². The van der Waals surface area contributed by atoms with E-state index in [9.17, 15) is 4.79 Å². The monoisotopic (exact) mass is 398 g/mol. The molecule has 5 nitrogen and oxygen atoms in total. The minimum absolute atomic E-state index is 0.0256. The number of anilines is 2. The minimum Gasteiger partial charge on any atom is -0.371 e. The lowest BCUT2D eigenvalue weighted by Crippen LogP contribution is -2.49. The van der Waals surface area contributed by atoms with E-state index in [4.69, 9.17) is 11.6 Å². The van der Waals surface area contributed by atoms with Crippen molar-refractivity contribution in [2.45, 2.75) is 19.8 Å². The Balaban J connectivity index is 1.41. The van der Waals surface area contributed by atoms with Crippen LogP contribution in [0.2, 0.25) is 5.02 Å². The minimum atomic E-state index is 0.0256. The predicted octanol–water partition coefficient (Wildman–Crippen LogP) is 3.93. The zero-order valence-electron chi connectivity index (χ0n) is 16.4. The maximum atomic E-state index is 13.0. The Kier molecular flexibility index (Phi) is 5.72. The lowest BCUT2D eigenvalue weighted by molar-refractivity contribution is 0.0741. The van der Waals surface area contributed by atoms with Crippen molar-refractivity contribution in [3.8, 4) is 0 Å². The first kappa shape index (κ1) is 19.1. The number of piperazine rings is 1. The fraction of sp³-hybridized carbons (Fsp3) is 0.455. The molecule has 2 aromatic rings. The number of carbonyl (C=O) groups excluding carboxylic acids is 1. The van der Waals surface area contributed by atoms with Crippen LogP contribution in [0.25, 0.3) is 0 Å². The van der Waals surface area contributed by atoms with Crippen molar-refractivity contribution < 1.29 is 4.79 Å². The first-order valence-electron chi connectivity index (χ1n) is 10.1. The molecule has 4 rings (SSSR count). The van der Waals surface area contributed by atoms with Crippen LogP contribution in [0.5, 0.6) is 0 Å². The Morgan fingerprint density at radius 3 is 2.57 bits per heavy atom. The van der Waals surface area contributed by atoms with Crippen LogP contribution in [0.1, 0.15) is 30.3 Å². The Labute approximate surface area is 171 Å². The van der Waals surface area contributed by atoms with Crippen molar-refractivity contribution in [1.82, 2.24) is 9.88 Å². The third kappa shape index (κ3) is 4.25. The molecule has 3 heterocycles. The lowest BCUT2D eigenvalue weighted by Gasteiger charge is -2.36. The molecule has 0 radical (unpaired) electrons. The summed E-state index contributed by atoms with van der Waals surface area (Å²) >= 11 is 6.11. The van der Waals surface area contributed by atoms with Gasteiger partial charge in [0.15, 0.2) is 0 Å². The molecule has 148 valence electrons. The summed E-state index contributed by atoms with van der Waals surface area (Å²) in [6.45, 7) is 7.38. The summed E-state index contributed by atoms with van der Waals surface area (Å²) in [6, 6.07) is 11.9. The summed E-state index contributed by atoms with van der Waals surface area (Å²) in [6.07, 6.45) is 4.26. The third-order valence-corrected chi connectivity index (χ3v) is 5.96. The van der Waals surface area contributed by atoms with E-state index in [0.717, 1.165) is 42.6 Å². The molecule has 1 amide bonds. The topological polar surface area (TPSA) is 39.7 Å².